The average Bonchev–Trinajstić information content (AvgIpc) is 1.00. The molecule has 0 spiro atoms. The summed E-state index contributed by atoms with van der Waals surface area (Å²) in [5.41, 5.74) is 0. The first-order valence-electron chi connectivity index (χ1n) is 0.378. The molecule has 25 valence electrons. The highest BCUT2D eigenvalue weighted by atomic mass is 35.6. The van der Waals surface area contributed by atoms with Gasteiger partial charge in [-0.15, -0.1) is 0 Å². The van der Waals surface area contributed by atoms with E-state index in [1.54, 1.807) is 0 Å². The SMILES string of the molecule is P.[B].[SiH3]Cl. The maximum Gasteiger partial charge on any atom is 0.109 e. The number of hydrogen-bond donors (Lipinski definition) is 0. The molecule has 0 saturated heterocycles. The first-order chi connectivity index (χ1) is 1.00. The van der Waals surface area contributed by atoms with Gasteiger partial charge in [-0.3, -0.25) is 0 Å². The summed E-state index contributed by atoms with van der Waals surface area (Å²) in [4.78, 5) is 0. The van der Waals surface area contributed by atoms with Crippen molar-refractivity contribution in [3.8, 4) is 0 Å². The van der Waals surface area contributed by atoms with E-state index in [-0.39, 0.29) is 18.3 Å². The lowest BCUT2D eigenvalue weighted by Crippen LogP contribution is -0.980. The summed E-state index contributed by atoms with van der Waals surface area (Å²) in [7, 11) is 0.778. The summed E-state index contributed by atoms with van der Waals surface area (Å²) < 4.78 is 0. The van der Waals surface area contributed by atoms with Crippen LogP contribution in [0.25, 0.3) is 0 Å². The third-order valence-corrected chi connectivity index (χ3v) is 0. The van der Waals surface area contributed by atoms with Crippen molar-refractivity contribution >= 4 is 38.9 Å². The van der Waals surface area contributed by atoms with E-state index in [1.807, 2.05) is 0 Å². The topological polar surface area (TPSA) is 0 Å². The van der Waals surface area contributed by atoms with Gasteiger partial charge in [0.25, 0.3) is 0 Å². The van der Waals surface area contributed by atoms with Crippen LogP contribution in [-0.4, -0.2) is 18.0 Å². The van der Waals surface area contributed by atoms with E-state index in [4.69, 9.17) is 11.1 Å². The molecule has 0 aromatic rings. The van der Waals surface area contributed by atoms with Gasteiger partial charge in [0.05, 0.1) is 0 Å². The second-order valence-corrected chi connectivity index (χ2v) is 0. The molecule has 1 unspecified atom stereocenters. The molecule has 0 nitrogen and oxygen atoms in total. The van der Waals surface area contributed by atoms with Crippen molar-refractivity contribution < 1.29 is 0 Å². The van der Waals surface area contributed by atoms with Crippen LogP contribution in [0.5, 0.6) is 0 Å². The van der Waals surface area contributed by atoms with Crippen molar-refractivity contribution in [1.29, 1.82) is 0 Å². The first kappa shape index (κ1) is 20.0. The van der Waals surface area contributed by atoms with Crippen LogP contribution in [-0.2, 0) is 0 Å². The molecule has 4 heteroatoms. The minimum atomic E-state index is 0. The molecule has 1 atom stereocenters. The van der Waals surface area contributed by atoms with Crippen molar-refractivity contribution in [3.63, 3.8) is 0 Å². The normalized spacial score (nSPS) is 2.25. The van der Waals surface area contributed by atoms with E-state index < -0.39 is 0 Å². The predicted molar refractivity (Wildman–Crippen MR) is 32.7 cm³/mol. The molecule has 0 aromatic carbocycles. The molecule has 0 aromatic heterocycles. The first-order valence-corrected chi connectivity index (χ1v) is 3.40. The summed E-state index contributed by atoms with van der Waals surface area (Å²) in [6.07, 6.45) is 0. The number of hydrogen-bond acceptors (Lipinski definition) is 0. The fraction of sp³-hybridized carbons (Fsp3) is 0. The molecule has 0 bridgehead atoms. The maximum absolute atomic E-state index is 4.78. The Morgan fingerprint density at radius 2 is 1.25 bits per heavy atom. The summed E-state index contributed by atoms with van der Waals surface area (Å²) in [6.45, 7) is 0. The molecule has 3 radical (unpaired) electrons. The Labute approximate surface area is 39.6 Å². The molecule has 0 rings (SSSR count). The van der Waals surface area contributed by atoms with Crippen molar-refractivity contribution in [2.24, 2.45) is 0 Å². The monoisotopic (exact) mass is 111 g/mol. The van der Waals surface area contributed by atoms with Crippen molar-refractivity contribution in [2.75, 3.05) is 0 Å². The van der Waals surface area contributed by atoms with E-state index in [0.29, 0.717) is 0 Å². The Balaban J connectivity index is -0.00000000500. The number of rotatable bonds is 0. The largest absolute Gasteiger partial charge is 0.181 e. The summed E-state index contributed by atoms with van der Waals surface area (Å²) in [5.74, 6) is 0. The molecule has 0 heterocycles. The number of halogens is 1. The van der Waals surface area contributed by atoms with Gasteiger partial charge in [0, 0.05) is 8.41 Å². The van der Waals surface area contributed by atoms with E-state index in [9.17, 15) is 0 Å². The zero-order valence-electron chi connectivity index (χ0n) is 2.66. The molecular weight excluding hydrogens is 105 g/mol. The minimum absolute atomic E-state index is 0. The Hall–Kier alpha value is 1.00. The molecule has 0 aliphatic rings. The summed E-state index contributed by atoms with van der Waals surface area (Å²) >= 11 is 4.78. The maximum atomic E-state index is 4.78. The van der Waals surface area contributed by atoms with Gasteiger partial charge >= 0.3 is 0 Å². The van der Waals surface area contributed by atoms with Crippen LogP contribution in [0.1, 0.15) is 0 Å². The van der Waals surface area contributed by atoms with Gasteiger partial charge in [-0.25, -0.2) is 0 Å². The highest BCUT2D eigenvalue weighted by molar-refractivity contribution is 6.92. The third kappa shape index (κ3) is 12.0. The molecule has 0 aliphatic carbocycles. The van der Waals surface area contributed by atoms with Gasteiger partial charge in [-0.1, -0.05) is 0 Å². The molecular formula is H6BClPSi. The van der Waals surface area contributed by atoms with Crippen LogP contribution in [0.4, 0.5) is 0 Å². The molecule has 4 heavy (non-hydrogen) atoms. The van der Waals surface area contributed by atoms with Crippen LogP contribution in [0.15, 0.2) is 0 Å². The van der Waals surface area contributed by atoms with Crippen LogP contribution in [0.3, 0.4) is 0 Å². The van der Waals surface area contributed by atoms with E-state index in [0.717, 1.165) is 9.55 Å². The molecule has 0 aliphatic heterocycles. The standard InChI is InChI=1S/B.ClH3Si.H3P/c;1-2;/h;2H3;1H3. The minimum Gasteiger partial charge on any atom is -0.181 e. The van der Waals surface area contributed by atoms with Crippen LogP contribution in [0, 0.1) is 0 Å². The van der Waals surface area contributed by atoms with Gasteiger partial charge in [0.15, 0.2) is 0 Å². The van der Waals surface area contributed by atoms with E-state index in [2.05, 4.69) is 0 Å². The fourth-order valence-corrected chi connectivity index (χ4v) is 0. The van der Waals surface area contributed by atoms with E-state index >= 15 is 0 Å². The highest BCUT2D eigenvalue weighted by Crippen LogP contribution is 1.29. The Morgan fingerprint density at radius 3 is 1.25 bits per heavy atom. The second-order valence-electron chi connectivity index (χ2n) is 0. The van der Waals surface area contributed by atoms with Gasteiger partial charge < -0.3 is 0 Å². The zero-order chi connectivity index (χ0) is 2.00. The van der Waals surface area contributed by atoms with Crippen LogP contribution < -0.4 is 0 Å². The van der Waals surface area contributed by atoms with Gasteiger partial charge in [0.2, 0.25) is 0 Å². The lowest BCUT2D eigenvalue weighted by molar-refractivity contribution is 4.80. The van der Waals surface area contributed by atoms with Gasteiger partial charge in [0.1, 0.15) is 9.55 Å². The Morgan fingerprint density at radius 1 is 1.25 bits per heavy atom. The van der Waals surface area contributed by atoms with Crippen LogP contribution in [0.2, 0.25) is 0 Å². The predicted octanol–water partition coefficient (Wildman–Crippen LogP) is -0.817. The van der Waals surface area contributed by atoms with E-state index in [1.165, 1.54) is 0 Å². The second kappa shape index (κ2) is 35.9. The van der Waals surface area contributed by atoms with Crippen molar-refractivity contribution in [3.05, 3.63) is 0 Å². The highest BCUT2D eigenvalue weighted by Gasteiger charge is 0.975. The zero-order valence-corrected chi connectivity index (χ0v) is 6.83. The van der Waals surface area contributed by atoms with Gasteiger partial charge in [-0.05, 0) is 0 Å². The molecule has 0 amide bonds. The van der Waals surface area contributed by atoms with Crippen LogP contribution >= 0.6 is 21.0 Å². The summed E-state index contributed by atoms with van der Waals surface area (Å²) in [6, 6.07) is 0. The average molecular weight is 111 g/mol. The molecule has 0 N–H and O–H groups in total. The Bertz CT molecular complexity index is 8.00. The molecule has 0 fully saturated rings. The molecule has 0 saturated carbocycles. The smallest absolute Gasteiger partial charge is 0.109 e. The Kier molecular flexibility index (Phi) is 180. The lowest BCUT2D eigenvalue weighted by Gasteiger charge is -1.05. The van der Waals surface area contributed by atoms with Crippen molar-refractivity contribution in [2.45, 2.75) is 0 Å². The van der Waals surface area contributed by atoms with Crippen molar-refractivity contribution in [1.82, 2.24) is 0 Å². The lowest BCUT2D eigenvalue weighted by atomic mass is 10.8. The summed E-state index contributed by atoms with van der Waals surface area (Å²) in [5, 5.41) is 0. The fourth-order valence-electron chi connectivity index (χ4n) is 0. The van der Waals surface area contributed by atoms with Gasteiger partial charge in [-0.2, -0.15) is 21.0 Å². The third-order valence-electron chi connectivity index (χ3n) is 0. The quantitative estimate of drug-likeness (QED) is 0.218.